The van der Waals surface area contributed by atoms with E-state index in [1.807, 2.05) is 61.5 Å². The molecule has 0 fully saturated rings. The van der Waals surface area contributed by atoms with Gasteiger partial charge in [0.1, 0.15) is 5.75 Å². The fraction of sp³-hybridized carbons (Fsp3) is 0.300. The summed E-state index contributed by atoms with van der Waals surface area (Å²) in [7, 11) is 1.59. The third kappa shape index (κ3) is 5.81. The summed E-state index contributed by atoms with van der Waals surface area (Å²) in [5, 5.41) is 5.34. The number of amides is 3. The van der Waals surface area contributed by atoms with Crippen molar-refractivity contribution in [3.63, 3.8) is 0 Å². The first-order chi connectivity index (χ1) is 12.6. The van der Waals surface area contributed by atoms with Crippen molar-refractivity contribution in [2.45, 2.75) is 20.0 Å². The van der Waals surface area contributed by atoms with Gasteiger partial charge in [-0.3, -0.25) is 4.79 Å². The maximum absolute atomic E-state index is 12.3. The van der Waals surface area contributed by atoms with Crippen LogP contribution in [0.25, 0.3) is 0 Å². The molecule has 0 saturated carbocycles. The summed E-state index contributed by atoms with van der Waals surface area (Å²) < 4.78 is 5.25. The van der Waals surface area contributed by atoms with E-state index in [-0.39, 0.29) is 18.5 Å². The summed E-state index contributed by atoms with van der Waals surface area (Å²) in [6.07, 6.45) is 0. The predicted octanol–water partition coefficient (Wildman–Crippen LogP) is 2.54. The van der Waals surface area contributed by atoms with Gasteiger partial charge in [-0.1, -0.05) is 48.5 Å². The Hall–Kier alpha value is -3.02. The van der Waals surface area contributed by atoms with Crippen molar-refractivity contribution in [3.8, 4) is 5.75 Å². The maximum atomic E-state index is 12.3. The van der Waals surface area contributed by atoms with Gasteiger partial charge in [-0.2, -0.15) is 0 Å². The molecule has 6 nitrogen and oxygen atoms in total. The molecule has 138 valence electrons. The third-order valence-electron chi connectivity index (χ3n) is 3.98. The fourth-order valence-electron chi connectivity index (χ4n) is 2.53. The smallest absolute Gasteiger partial charge is 0.315 e. The number of benzene rings is 2. The van der Waals surface area contributed by atoms with E-state index in [4.69, 9.17) is 4.74 Å². The molecule has 26 heavy (non-hydrogen) atoms. The SMILES string of the molecule is CCN(Cc1ccccc1)C(=O)CNC(=O)NCc1ccccc1OC. The average molecular weight is 355 g/mol. The Bertz CT molecular complexity index is 719. The molecule has 6 heteroatoms. The van der Waals surface area contributed by atoms with Crippen molar-refractivity contribution in [2.75, 3.05) is 20.2 Å². The fourth-order valence-corrected chi connectivity index (χ4v) is 2.53. The lowest BCUT2D eigenvalue weighted by atomic mass is 10.2. The normalized spacial score (nSPS) is 10.1. The monoisotopic (exact) mass is 355 g/mol. The summed E-state index contributed by atoms with van der Waals surface area (Å²) in [6, 6.07) is 16.8. The zero-order chi connectivity index (χ0) is 18.8. The molecular formula is C20H25N3O3. The number of carbonyl (C=O) groups is 2. The van der Waals surface area contributed by atoms with E-state index in [2.05, 4.69) is 10.6 Å². The van der Waals surface area contributed by atoms with Gasteiger partial charge >= 0.3 is 6.03 Å². The van der Waals surface area contributed by atoms with Gasteiger partial charge in [0.25, 0.3) is 0 Å². The van der Waals surface area contributed by atoms with Crippen molar-refractivity contribution in [2.24, 2.45) is 0 Å². The highest BCUT2D eigenvalue weighted by atomic mass is 16.5. The molecule has 2 aromatic carbocycles. The van der Waals surface area contributed by atoms with Crippen LogP contribution in [0.2, 0.25) is 0 Å². The summed E-state index contributed by atoms with van der Waals surface area (Å²) in [5.41, 5.74) is 1.93. The molecule has 3 amide bonds. The molecule has 0 spiro atoms. The van der Waals surface area contributed by atoms with E-state index in [1.54, 1.807) is 12.0 Å². The van der Waals surface area contributed by atoms with Gasteiger partial charge in [0, 0.05) is 25.2 Å². The van der Waals surface area contributed by atoms with Crippen molar-refractivity contribution in [1.82, 2.24) is 15.5 Å². The number of nitrogens with one attached hydrogen (secondary N) is 2. The van der Waals surface area contributed by atoms with E-state index in [1.165, 1.54) is 0 Å². The molecule has 2 N–H and O–H groups in total. The number of ether oxygens (including phenoxy) is 1. The summed E-state index contributed by atoms with van der Waals surface area (Å²) in [4.78, 5) is 26.0. The zero-order valence-corrected chi connectivity index (χ0v) is 15.2. The van der Waals surface area contributed by atoms with Gasteiger partial charge < -0.3 is 20.3 Å². The lowest BCUT2D eigenvalue weighted by molar-refractivity contribution is -0.130. The average Bonchev–Trinajstić information content (AvgIpc) is 2.69. The lowest BCUT2D eigenvalue weighted by Crippen LogP contribution is -2.43. The van der Waals surface area contributed by atoms with Crippen LogP contribution in [0.1, 0.15) is 18.1 Å². The highest BCUT2D eigenvalue weighted by molar-refractivity contribution is 5.84. The van der Waals surface area contributed by atoms with E-state index >= 15 is 0 Å². The largest absolute Gasteiger partial charge is 0.496 e. The second kappa shape index (κ2) is 10.1. The number of hydrogen-bond acceptors (Lipinski definition) is 3. The summed E-state index contributed by atoms with van der Waals surface area (Å²) in [6.45, 7) is 3.31. The first-order valence-corrected chi connectivity index (χ1v) is 8.59. The molecule has 0 aliphatic carbocycles. The van der Waals surface area contributed by atoms with Crippen molar-refractivity contribution in [1.29, 1.82) is 0 Å². The molecule has 2 aromatic rings. The lowest BCUT2D eigenvalue weighted by Gasteiger charge is -2.21. The quantitative estimate of drug-likeness (QED) is 0.764. The van der Waals surface area contributed by atoms with Crippen LogP contribution in [0.5, 0.6) is 5.75 Å². The maximum Gasteiger partial charge on any atom is 0.315 e. The molecule has 0 bridgehead atoms. The van der Waals surface area contributed by atoms with Crippen LogP contribution in [-0.4, -0.2) is 37.0 Å². The zero-order valence-electron chi connectivity index (χ0n) is 15.2. The van der Waals surface area contributed by atoms with Crippen molar-refractivity contribution in [3.05, 3.63) is 65.7 Å². The summed E-state index contributed by atoms with van der Waals surface area (Å²) >= 11 is 0. The van der Waals surface area contributed by atoms with Gasteiger partial charge in [0.05, 0.1) is 13.7 Å². The number of likely N-dealkylation sites (N-methyl/N-ethyl adjacent to an activating group) is 1. The minimum atomic E-state index is -0.389. The number of carbonyl (C=O) groups excluding carboxylic acids is 2. The van der Waals surface area contributed by atoms with Crippen LogP contribution < -0.4 is 15.4 Å². The third-order valence-corrected chi connectivity index (χ3v) is 3.98. The first-order valence-electron chi connectivity index (χ1n) is 8.59. The van der Waals surface area contributed by atoms with Crippen LogP contribution in [0.3, 0.4) is 0 Å². The topological polar surface area (TPSA) is 70.7 Å². The highest BCUT2D eigenvalue weighted by Crippen LogP contribution is 2.16. The number of methoxy groups -OCH3 is 1. The Labute approximate surface area is 154 Å². The van der Waals surface area contributed by atoms with Gasteiger partial charge in [0.15, 0.2) is 0 Å². The van der Waals surface area contributed by atoms with Crippen molar-refractivity contribution >= 4 is 11.9 Å². The van der Waals surface area contributed by atoms with E-state index in [0.717, 1.165) is 11.1 Å². The second-order valence-electron chi connectivity index (χ2n) is 5.74. The highest BCUT2D eigenvalue weighted by Gasteiger charge is 2.13. The first kappa shape index (κ1) is 19.3. The molecule has 0 aromatic heterocycles. The number of rotatable bonds is 8. The van der Waals surface area contributed by atoms with Gasteiger partial charge in [0.2, 0.25) is 5.91 Å². The van der Waals surface area contributed by atoms with Gasteiger partial charge in [-0.15, -0.1) is 0 Å². The Kier molecular flexibility index (Phi) is 7.49. The molecule has 0 radical (unpaired) electrons. The molecule has 0 aliphatic heterocycles. The van der Waals surface area contributed by atoms with Crippen LogP contribution in [0.4, 0.5) is 4.79 Å². The Balaban J connectivity index is 1.79. The van der Waals surface area contributed by atoms with Gasteiger partial charge in [-0.05, 0) is 18.6 Å². The Morgan fingerprint density at radius 1 is 1.00 bits per heavy atom. The number of hydrogen-bond donors (Lipinski definition) is 2. The second-order valence-corrected chi connectivity index (χ2v) is 5.74. The van der Waals surface area contributed by atoms with Gasteiger partial charge in [-0.25, -0.2) is 4.79 Å². The van der Waals surface area contributed by atoms with E-state index in [0.29, 0.717) is 25.4 Å². The van der Waals surface area contributed by atoms with E-state index < -0.39 is 0 Å². The molecule has 0 unspecified atom stereocenters. The molecule has 0 atom stereocenters. The minimum Gasteiger partial charge on any atom is -0.496 e. The number of nitrogens with zero attached hydrogens (tertiary/aromatic N) is 1. The molecule has 0 heterocycles. The van der Waals surface area contributed by atoms with Crippen LogP contribution in [-0.2, 0) is 17.9 Å². The standard InChI is InChI=1S/C20H25N3O3/c1-3-23(15-16-9-5-4-6-10-16)19(24)14-22-20(25)21-13-17-11-7-8-12-18(17)26-2/h4-12H,3,13-15H2,1-2H3,(H2,21,22,25). The summed E-state index contributed by atoms with van der Waals surface area (Å²) in [5.74, 6) is 0.590. The van der Waals surface area contributed by atoms with Crippen molar-refractivity contribution < 1.29 is 14.3 Å². The van der Waals surface area contributed by atoms with Crippen LogP contribution >= 0.6 is 0 Å². The molecule has 2 rings (SSSR count). The number of para-hydroxylation sites is 1. The molecule has 0 aliphatic rings. The van der Waals surface area contributed by atoms with E-state index in [9.17, 15) is 9.59 Å². The van der Waals surface area contributed by atoms with Crippen LogP contribution in [0, 0.1) is 0 Å². The number of urea groups is 1. The molecular weight excluding hydrogens is 330 g/mol. The Morgan fingerprint density at radius 2 is 1.69 bits per heavy atom. The minimum absolute atomic E-state index is 0.0432. The van der Waals surface area contributed by atoms with Crippen LogP contribution in [0.15, 0.2) is 54.6 Å². The molecule has 0 saturated heterocycles. The Morgan fingerprint density at radius 3 is 2.38 bits per heavy atom. The predicted molar refractivity (Wildman–Crippen MR) is 101 cm³/mol.